The standard InChI is InChI=1S/C14H18N4.ClH/c1-17-9-11(8-16-17)10-18-7-3-4-12-13(15)5-2-6-14(12)18;/h2,5-6,8-9H,3-4,7,10,15H2,1H3;1H. The van der Waals surface area contributed by atoms with Gasteiger partial charge in [-0.1, -0.05) is 6.07 Å². The van der Waals surface area contributed by atoms with Gasteiger partial charge in [-0.15, -0.1) is 12.4 Å². The van der Waals surface area contributed by atoms with Crippen molar-refractivity contribution < 1.29 is 0 Å². The van der Waals surface area contributed by atoms with E-state index >= 15 is 0 Å². The number of aryl methyl sites for hydroxylation is 1. The second-order valence-electron chi connectivity index (χ2n) is 4.89. The SMILES string of the molecule is Cl.Cn1cc(CN2CCCc3c(N)cccc32)cn1. The van der Waals surface area contributed by atoms with E-state index in [1.54, 1.807) is 0 Å². The molecule has 1 aliphatic rings. The van der Waals surface area contributed by atoms with E-state index in [1.807, 2.05) is 30.1 Å². The predicted octanol–water partition coefficient (Wildman–Crippen LogP) is 2.38. The third-order valence-corrected chi connectivity index (χ3v) is 3.51. The van der Waals surface area contributed by atoms with Crippen molar-refractivity contribution in [3.63, 3.8) is 0 Å². The lowest BCUT2D eigenvalue weighted by molar-refractivity contribution is 0.691. The van der Waals surface area contributed by atoms with E-state index in [-0.39, 0.29) is 12.4 Å². The Balaban J connectivity index is 0.00000133. The summed E-state index contributed by atoms with van der Waals surface area (Å²) < 4.78 is 1.85. The average molecular weight is 279 g/mol. The maximum atomic E-state index is 6.06. The average Bonchev–Trinajstić information content (AvgIpc) is 2.76. The highest BCUT2D eigenvalue weighted by Gasteiger charge is 2.18. The first-order chi connectivity index (χ1) is 8.74. The molecule has 0 atom stereocenters. The van der Waals surface area contributed by atoms with Crippen molar-refractivity contribution in [2.75, 3.05) is 17.2 Å². The van der Waals surface area contributed by atoms with E-state index in [9.17, 15) is 0 Å². The molecule has 0 saturated carbocycles. The third-order valence-electron chi connectivity index (χ3n) is 3.51. The number of nitrogen functional groups attached to an aromatic ring is 1. The Morgan fingerprint density at radius 2 is 2.21 bits per heavy atom. The number of nitrogens with zero attached hydrogens (tertiary/aromatic N) is 3. The number of anilines is 2. The summed E-state index contributed by atoms with van der Waals surface area (Å²) in [5.74, 6) is 0. The minimum Gasteiger partial charge on any atom is -0.398 e. The summed E-state index contributed by atoms with van der Waals surface area (Å²) in [6, 6.07) is 6.20. The Labute approximate surface area is 119 Å². The molecule has 0 unspecified atom stereocenters. The maximum absolute atomic E-state index is 6.06. The molecule has 3 rings (SSSR count). The van der Waals surface area contributed by atoms with Crippen LogP contribution in [0.5, 0.6) is 0 Å². The van der Waals surface area contributed by atoms with Gasteiger partial charge >= 0.3 is 0 Å². The van der Waals surface area contributed by atoms with Crippen LogP contribution in [-0.4, -0.2) is 16.3 Å². The van der Waals surface area contributed by atoms with Crippen LogP contribution < -0.4 is 10.6 Å². The molecule has 1 aromatic carbocycles. The molecule has 5 heteroatoms. The number of hydrogen-bond acceptors (Lipinski definition) is 3. The number of fused-ring (bicyclic) bond motifs is 1. The summed E-state index contributed by atoms with van der Waals surface area (Å²) in [7, 11) is 1.95. The van der Waals surface area contributed by atoms with Gasteiger partial charge in [-0.05, 0) is 30.5 Å². The monoisotopic (exact) mass is 278 g/mol. The zero-order valence-corrected chi connectivity index (χ0v) is 11.9. The van der Waals surface area contributed by atoms with Crippen LogP contribution in [0.3, 0.4) is 0 Å². The number of halogens is 1. The number of aromatic nitrogens is 2. The molecular formula is C14H19ClN4. The second kappa shape index (κ2) is 5.53. The molecule has 0 radical (unpaired) electrons. The third kappa shape index (κ3) is 2.68. The smallest absolute Gasteiger partial charge is 0.0539 e. The zero-order valence-electron chi connectivity index (χ0n) is 11.0. The van der Waals surface area contributed by atoms with E-state index in [2.05, 4.69) is 22.3 Å². The molecule has 1 aromatic heterocycles. The minimum atomic E-state index is 0. The van der Waals surface area contributed by atoms with E-state index in [0.29, 0.717) is 0 Å². The highest BCUT2D eigenvalue weighted by atomic mass is 35.5. The van der Waals surface area contributed by atoms with Crippen molar-refractivity contribution in [1.29, 1.82) is 0 Å². The molecule has 102 valence electrons. The lowest BCUT2D eigenvalue weighted by Crippen LogP contribution is -2.29. The quantitative estimate of drug-likeness (QED) is 0.858. The minimum absolute atomic E-state index is 0. The number of hydrogen-bond donors (Lipinski definition) is 1. The molecule has 0 saturated heterocycles. The van der Waals surface area contributed by atoms with Crippen LogP contribution in [0.25, 0.3) is 0 Å². The Bertz CT molecular complexity index is 564. The normalized spacial score (nSPS) is 13.8. The van der Waals surface area contributed by atoms with Gasteiger partial charge in [0.1, 0.15) is 0 Å². The summed E-state index contributed by atoms with van der Waals surface area (Å²) in [6.07, 6.45) is 6.26. The Morgan fingerprint density at radius 1 is 1.37 bits per heavy atom. The van der Waals surface area contributed by atoms with Crippen LogP contribution in [0.1, 0.15) is 17.5 Å². The molecule has 0 bridgehead atoms. The fraction of sp³-hybridized carbons (Fsp3) is 0.357. The maximum Gasteiger partial charge on any atom is 0.0539 e. The predicted molar refractivity (Wildman–Crippen MR) is 80.7 cm³/mol. The molecule has 2 aromatic rings. The van der Waals surface area contributed by atoms with Crippen molar-refractivity contribution in [1.82, 2.24) is 9.78 Å². The first-order valence-electron chi connectivity index (χ1n) is 6.34. The van der Waals surface area contributed by atoms with Crippen molar-refractivity contribution in [3.05, 3.63) is 41.7 Å². The van der Waals surface area contributed by atoms with E-state index < -0.39 is 0 Å². The summed E-state index contributed by atoms with van der Waals surface area (Å²) in [4.78, 5) is 2.40. The van der Waals surface area contributed by atoms with E-state index in [1.165, 1.54) is 23.2 Å². The fourth-order valence-corrected chi connectivity index (χ4v) is 2.67. The Hall–Kier alpha value is -1.68. The Morgan fingerprint density at radius 3 is 2.95 bits per heavy atom. The van der Waals surface area contributed by atoms with Crippen LogP contribution in [0.2, 0.25) is 0 Å². The lowest BCUT2D eigenvalue weighted by Gasteiger charge is -2.31. The molecule has 0 fully saturated rings. The highest BCUT2D eigenvalue weighted by Crippen LogP contribution is 2.32. The van der Waals surface area contributed by atoms with Crippen molar-refractivity contribution in [2.24, 2.45) is 7.05 Å². The summed E-state index contributed by atoms with van der Waals surface area (Å²) in [5.41, 5.74) is 10.8. The van der Waals surface area contributed by atoms with Crippen LogP contribution in [0.15, 0.2) is 30.6 Å². The fourth-order valence-electron chi connectivity index (χ4n) is 2.67. The first-order valence-corrected chi connectivity index (χ1v) is 6.34. The van der Waals surface area contributed by atoms with Crippen LogP contribution in [0, 0.1) is 0 Å². The molecular weight excluding hydrogens is 260 g/mol. The van der Waals surface area contributed by atoms with Crippen LogP contribution >= 0.6 is 12.4 Å². The highest BCUT2D eigenvalue weighted by molar-refractivity contribution is 5.85. The summed E-state index contributed by atoms with van der Waals surface area (Å²) in [5, 5.41) is 4.22. The molecule has 2 N–H and O–H groups in total. The summed E-state index contributed by atoms with van der Waals surface area (Å²) >= 11 is 0. The topological polar surface area (TPSA) is 47.1 Å². The largest absolute Gasteiger partial charge is 0.398 e. The second-order valence-corrected chi connectivity index (χ2v) is 4.89. The van der Waals surface area contributed by atoms with E-state index in [0.717, 1.165) is 25.2 Å². The van der Waals surface area contributed by atoms with Gasteiger partial charge in [0.15, 0.2) is 0 Å². The molecule has 0 aliphatic carbocycles. The van der Waals surface area contributed by atoms with Gasteiger partial charge in [0, 0.05) is 43.3 Å². The number of nitrogens with two attached hydrogens (primary N) is 1. The van der Waals surface area contributed by atoms with Crippen molar-refractivity contribution in [2.45, 2.75) is 19.4 Å². The number of benzene rings is 1. The van der Waals surface area contributed by atoms with Crippen LogP contribution in [-0.2, 0) is 20.0 Å². The molecule has 1 aliphatic heterocycles. The number of rotatable bonds is 2. The molecule has 19 heavy (non-hydrogen) atoms. The molecule has 2 heterocycles. The lowest BCUT2D eigenvalue weighted by atomic mass is 9.99. The Kier molecular flexibility index (Phi) is 4.00. The molecule has 0 spiro atoms. The molecule has 0 amide bonds. The molecule has 4 nitrogen and oxygen atoms in total. The van der Waals surface area contributed by atoms with Gasteiger partial charge in [0.05, 0.1) is 6.20 Å². The van der Waals surface area contributed by atoms with E-state index in [4.69, 9.17) is 5.73 Å². The van der Waals surface area contributed by atoms with Crippen LogP contribution in [0.4, 0.5) is 11.4 Å². The van der Waals surface area contributed by atoms with Gasteiger partial charge in [0.2, 0.25) is 0 Å². The van der Waals surface area contributed by atoms with Gasteiger partial charge in [-0.3, -0.25) is 4.68 Å². The van der Waals surface area contributed by atoms with Gasteiger partial charge in [-0.2, -0.15) is 5.10 Å². The van der Waals surface area contributed by atoms with Crippen molar-refractivity contribution in [3.8, 4) is 0 Å². The zero-order chi connectivity index (χ0) is 12.5. The summed E-state index contributed by atoms with van der Waals surface area (Å²) in [6.45, 7) is 2.00. The van der Waals surface area contributed by atoms with Gasteiger partial charge in [-0.25, -0.2) is 0 Å². The van der Waals surface area contributed by atoms with Crippen molar-refractivity contribution >= 4 is 23.8 Å². The van der Waals surface area contributed by atoms with Gasteiger partial charge < -0.3 is 10.6 Å². The first kappa shape index (κ1) is 13.7. The van der Waals surface area contributed by atoms with Gasteiger partial charge in [0.25, 0.3) is 0 Å².